The third-order valence-electron chi connectivity index (χ3n) is 4.75. The van der Waals surface area contributed by atoms with Gasteiger partial charge in [-0.25, -0.2) is 10.1 Å². The Bertz CT molecular complexity index is 1090. The topological polar surface area (TPSA) is 142 Å². The fraction of sp³-hybridized carbons (Fsp3) is 0.294. The molecule has 1 aliphatic heterocycles. The lowest BCUT2D eigenvalue weighted by Crippen LogP contribution is -3.08. The summed E-state index contributed by atoms with van der Waals surface area (Å²) >= 11 is 12.1. The predicted octanol–water partition coefficient (Wildman–Crippen LogP) is 0.482. The lowest BCUT2D eigenvalue weighted by molar-refractivity contribution is -0.901. The van der Waals surface area contributed by atoms with Crippen LogP contribution in [0.3, 0.4) is 0 Å². The molecule has 2 aromatic heterocycles. The molecule has 4 N–H and O–H groups in total. The number of amides is 1. The van der Waals surface area contributed by atoms with E-state index in [2.05, 4.69) is 35.8 Å². The SMILES string of the molecule is Nc1nonc1-n1nnc(C(=O)N/N=C\c2cccc(Cl)c2Cl)c1C[NH+]1CCCC1. The average molecular weight is 451 g/mol. The molecule has 0 bridgehead atoms. The van der Waals surface area contributed by atoms with Crippen molar-refractivity contribution < 1.29 is 14.3 Å². The highest BCUT2D eigenvalue weighted by atomic mass is 35.5. The van der Waals surface area contributed by atoms with Gasteiger partial charge in [-0.05, 0) is 16.4 Å². The Morgan fingerprint density at radius 1 is 1.33 bits per heavy atom. The molecule has 0 radical (unpaired) electrons. The number of carbonyl (C=O) groups is 1. The Labute approximate surface area is 180 Å². The van der Waals surface area contributed by atoms with Crippen molar-refractivity contribution in [1.82, 2.24) is 30.7 Å². The van der Waals surface area contributed by atoms with Gasteiger partial charge >= 0.3 is 0 Å². The number of nitrogen functional groups attached to an aromatic ring is 1. The Morgan fingerprint density at radius 2 is 2.13 bits per heavy atom. The normalized spacial score (nSPS) is 14.6. The van der Waals surface area contributed by atoms with E-state index in [9.17, 15) is 4.79 Å². The minimum atomic E-state index is -0.528. The maximum absolute atomic E-state index is 12.7. The first-order valence-electron chi connectivity index (χ1n) is 9.18. The minimum Gasteiger partial charge on any atom is -0.378 e. The first-order chi connectivity index (χ1) is 14.5. The van der Waals surface area contributed by atoms with Crippen LogP contribution in [0.1, 0.15) is 34.6 Å². The van der Waals surface area contributed by atoms with Crippen molar-refractivity contribution in [3.63, 3.8) is 0 Å². The molecule has 1 aliphatic rings. The zero-order valence-corrected chi connectivity index (χ0v) is 17.2. The van der Waals surface area contributed by atoms with Crippen LogP contribution >= 0.6 is 23.2 Å². The number of nitrogens with one attached hydrogen (secondary N) is 2. The van der Waals surface area contributed by atoms with Gasteiger partial charge in [0, 0.05) is 18.4 Å². The van der Waals surface area contributed by atoms with Crippen molar-refractivity contribution >= 4 is 41.1 Å². The van der Waals surface area contributed by atoms with E-state index >= 15 is 0 Å². The molecule has 11 nitrogen and oxygen atoms in total. The van der Waals surface area contributed by atoms with Gasteiger partial charge in [0.05, 0.1) is 29.3 Å². The fourth-order valence-corrected chi connectivity index (χ4v) is 3.62. The third kappa shape index (κ3) is 4.13. The van der Waals surface area contributed by atoms with E-state index in [-0.39, 0.29) is 17.3 Å². The molecule has 0 saturated carbocycles. The van der Waals surface area contributed by atoms with E-state index in [1.807, 2.05) is 0 Å². The second-order valence-electron chi connectivity index (χ2n) is 6.75. The van der Waals surface area contributed by atoms with E-state index < -0.39 is 5.91 Å². The van der Waals surface area contributed by atoms with Gasteiger partial charge in [-0.2, -0.15) is 9.78 Å². The first-order valence-corrected chi connectivity index (χ1v) is 9.94. The molecule has 1 fully saturated rings. The maximum atomic E-state index is 12.7. The molecule has 0 aliphatic carbocycles. The van der Waals surface area contributed by atoms with Gasteiger partial charge in [0.1, 0.15) is 12.2 Å². The number of rotatable bonds is 6. The quantitative estimate of drug-likeness (QED) is 0.366. The molecule has 13 heteroatoms. The molecule has 1 aromatic carbocycles. The fourth-order valence-electron chi connectivity index (χ4n) is 3.27. The average Bonchev–Trinajstić information content (AvgIpc) is 3.47. The van der Waals surface area contributed by atoms with Crippen LogP contribution in [-0.2, 0) is 6.54 Å². The zero-order chi connectivity index (χ0) is 21.1. The largest absolute Gasteiger partial charge is 0.378 e. The molecule has 0 atom stereocenters. The number of anilines is 1. The second-order valence-corrected chi connectivity index (χ2v) is 7.53. The van der Waals surface area contributed by atoms with Crippen LogP contribution < -0.4 is 16.1 Å². The lowest BCUT2D eigenvalue weighted by Gasteiger charge is -2.12. The Morgan fingerprint density at radius 3 is 2.87 bits per heavy atom. The Balaban J connectivity index is 1.58. The summed E-state index contributed by atoms with van der Waals surface area (Å²) in [6.07, 6.45) is 3.65. The van der Waals surface area contributed by atoms with Crippen molar-refractivity contribution in [2.75, 3.05) is 18.8 Å². The summed E-state index contributed by atoms with van der Waals surface area (Å²) in [6, 6.07) is 5.12. The van der Waals surface area contributed by atoms with E-state index in [0.717, 1.165) is 25.9 Å². The summed E-state index contributed by atoms with van der Waals surface area (Å²) in [6.45, 7) is 2.50. The van der Waals surface area contributed by atoms with E-state index in [0.29, 0.717) is 27.8 Å². The summed E-state index contributed by atoms with van der Waals surface area (Å²) in [5, 5.41) is 20.1. The van der Waals surface area contributed by atoms with Gasteiger partial charge in [0.25, 0.3) is 5.91 Å². The number of benzene rings is 1. The van der Waals surface area contributed by atoms with Gasteiger partial charge in [-0.15, -0.1) is 5.10 Å². The van der Waals surface area contributed by atoms with Gasteiger partial charge in [-0.3, -0.25) is 4.79 Å². The van der Waals surface area contributed by atoms with Crippen LogP contribution in [0.4, 0.5) is 5.82 Å². The van der Waals surface area contributed by atoms with E-state index in [1.54, 1.807) is 18.2 Å². The number of nitrogens with two attached hydrogens (primary N) is 1. The highest BCUT2D eigenvalue weighted by molar-refractivity contribution is 6.43. The van der Waals surface area contributed by atoms with Crippen molar-refractivity contribution in [1.29, 1.82) is 0 Å². The number of quaternary nitrogens is 1. The van der Waals surface area contributed by atoms with E-state index in [4.69, 9.17) is 28.9 Å². The minimum absolute atomic E-state index is 0.0538. The molecule has 1 saturated heterocycles. The first kappa shape index (κ1) is 20.3. The van der Waals surface area contributed by atoms with Gasteiger partial charge in [0.2, 0.25) is 11.6 Å². The molecular weight excluding hydrogens is 433 g/mol. The zero-order valence-electron chi connectivity index (χ0n) is 15.7. The number of nitrogens with zero attached hydrogens (tertiary/aromatic N) is 6. The number of hydrogen-bond acceptors (Lipinski definition) is 8. The smallest absolute Gasteiger partial charge is 0.294 e. The summed E-state index contributed by atoms with van der Waals surface area (Å²) in [5.41, 5.74) is 9.47. The van der Waals surface area contributed by atoms with Crippen LogP contribution in [-0.4, -0.2) is 50.5 Å². The molecule has 3 aromatic rings. The molecule has 0 unspecified atom stereocenters. The van der Waals surface area contributed by atoms with E-state index in [1.165, 1.54) is 15.8 Å². The van der Waals surface area contributed by atoms with Crippen LogP contribution in [0.5, 0.6) is 0 Å². The molecule has 0 spiro atoms. The number of aromatic nitrogens is 5. The molecule has 4 rings (SSSR count). The maximum Gasteiger partial charge on any atom is 0.294 e. The molecular formula is C17H18Cl2N9O2+. The van der Waals surface area contributed by atoms with Crippen LogP contribution in [0.2, 0.25) is 10.0 Å². The number of carbonyl (C=O) groups excluding carboxylic acids is 1. The van der Waals surface area contributed by atoms with Crippen LogP contribution in [0, 0.1) is 0 Å². The van der Waals surface area contributed by atoms with Crippen molar-refractivity contribution in [3.05, 3.63) is 45.2 Å². The standard InChI is InChI=1S/C17H17Cl2N9O2/c18-11-5-3-4-10(13(11)19)8-21-23-17(29)14-12(9-27-6-1-2-7-27)28(26-22-14)16-15(20)24-30-25-16/h3-5,8H,1-2,6-7,9H2,(H2,20,24)(H,23,29)/p+1/b21-8-. The van der Waals surface area contributed by atoms with Crippen molar-refractivity contribution in [2.24, 2.45) is 5.10 Å². The summed E-state index contributed by atoms with van der Waals surface area (Å²) < 4.78 is 6.04. The van der Waals surface area contributed by atoms with Gasteiger partial charge in [-0.1, -0.05) is 40.5 Å². The molecule has 3 heterocycles. The second kappa shape index (κ2) is 8.78. The Hall–Kier alpha value is -3.02. The van der Waals surface area contributed by atoms with Crippen LogP contribution in [0.15, 0.2) is 27.9 Å². The summed E-state index contributed by atoms with van der Waals surface area (Å²) in [7, 11) is 0. The number of hydrogen-bond donors (Lipinski definition) is 3. The van der Waals surface area contributed by atoms with Crippen molar-refractivity contribution in [3.8, 4) is 5.82 Å². The van der Waals surface area contributed by atoms with Gasteiger partial charge < -0.3 is 10.6 Å². The van der Waals surface area contributed by atoms with Crippen LogP contribution in [0.25, 0.3) is 5.82 Å². The predicted molar refractivity (Wildman–Crippen MR) is 109 cm³/mol. The lowest BCUT2D eigenvalue weighted by atomic mass is 10.2. The summed E-state index contributed by atoms with van der Waals surface area (Å²) in [5.74, 6) is -0.290. The van der Waals surface area contributed by atoms with Gasteiger partial charge in [0.15, 0.2) is 5.69 Å². The number of hydrazone groups is 1. The molecule has 30 heavy (non-hydrogen) atoms. The number of halogens is 2. The number of likely N-dealkylation sites (tertiary alicyclic amines) is 1. The highest BCUT2D eigenvalue weighted by Crippen LogP contribution is 2.24. The highest BCUT2D eigenvalue weighted by Gasteiger charge is 2.28. The third-order valence-corrected chi connectivity index (χ3v) is 5.59. The Kier molecular flexibility index (Phi) is 5.93. The summed E-state index contributed by atoms with van der Waals surface area (Å²) in [4.78, 5) is 14.1. The monoisotopic (exact) mass is 450 g/mol. The van der Waals surface area contributed by atoms with Crippen molar-refractivity contribution in [2.45, 2.75) is 19.4 Å². The molecule has 1 amide bonds. The molecule has 156 valence electrons.